The van der Waals surface area contributed by atoms with E-state index in [1.54, 1.807) is 6.07 Å². The summed E-state index contributed by atoms with van der Waals surface area (Å²) in [4.78, 5) is 0. The molecule has 0 saturated heterocycles. The molecule has 0 atom stereocenters. The van der Waals surface area contributed by atoms with Crippen molar-refractivity contribution in [3.05, 3.63) is 32.8 Å². The number of nitrogens with zero attached hydrogens (tertiary/aromatic N) is 1. The first-order chi connectivity index (χ1) is 5.69. The molecule has 0 heterocycles. The van der Waals surface area contributed by atoms with Crippen molar-refractivity contribution in [2.45, 2.75) is 13.3 Å². The Kier molecular flexibility index (Phi) is 3.13. The van der Waals surface area contributed by atoms with Gasteiger partial charge in [0.2, 0.25) is 0 Å². The van der Waals surface area contributed by atoms with Crippen LogP contribution in [0.4, 0.5) is 0 Å². The summed E-state index contributed by atoms with van der Waals surface area (Å²) in [6.07, 6.45) is 0.895. The van der Waals surface area contributed by atoms with Gasteiger partial charge in [0.15, 0.2) is 0 Å². The number of rotatable bonds is 1. The van der Waals surface area contributed by atoms with Gasteiger partial charge in [-0.05, 0) is 24.1 Å². The fourth-order valence-electron chi connectivity index (χ4n) is 0.950. The van der Waals surface area contributed by atoms with Crippen LogP contribution in [0.25, 0.3) is 0 Å². The van der Waals surface area contributed by atoms with Crippen LogP contribution in [0.3, 0.4) is 0 Å². The topological polar surface area (TPSA) is 23.8 Å². The molecule has 12 heavy (non-hydrogen) atoms. The van der Waals surface area contributed by atoms with E-state index in [1.807, 2.05) is 19.1 Å². The zero-order valence-electron chi connectivity index (χ0n) is 6.56. The van der Waals surface area contributed by atoms with E-state index in [2.05, 4.69) is 15.9 Å². The van der Waals surface area contributed by atoms with Gasteiger partial charge in [-0.1, -0.05) is 34.5 Å². The molecule has 1 aromatic rings. The van der Waals surface area contributed by atoms with Gasteiger partial charge in [0.05, 0.1) is 10.6 Å². The molecule has 1 aromatic carbocycles. The number of halogens is 2. The Morgan fingerprint density at radius 1 is 1.58 bits per heavy atom. The molecular weight excluding hydrogens is 237 g/mol. The molecule has 1 nitrogen and oxygen atoms in total. The van der Waals surface area contributed by atoms with Gasteiger partial charge >= 0.3 is 0 Å². The van der Waals surface area contributed by atoms with Gasteiger partial charge < -0.3 is 0 Å². The minimum Gasteiger partial charge on any atom is -0.192 e. The Morgan fingerprint density at radius 3 is 2.75 bits per heavy atom. The zero-order valence-corrected chi connectivity index (χ0v) is 8.91. The van der Waals surface area contributed by atoms with Crippen LogP contribution in [0.5, 0.6) is 0 Å². The SMILES string of the molecule is CCc1cc(C#N)c(Cl)cc1Br. The van der Waals surface area contributed by atoms with Crippen molar-refractivity contribution < 1.29 is 0 Å². The minimum atomic E-state index is 0.501. The first-order valence-electron chi connectivity index (χ1n) is 3.57. The molecule has 0 aliphatic heterocycles. The molecule has 1 rings (SSSR count). The van der Waals surface area contributed by atoms with Gasteiger partial charge in [0, 0.05) is 4.47 Å². The van der Waals surface area contributed by atoms with Crippen molar-refractivity contribution >= 4 is 27.5 Å². The summed E-state index contributed by atoms with van der Waals surface area (Å²) in [7, 11) is 0. The van der Waals surface area contributed by atoms with Crippen molar-refractivity contribution in [2.75, 3.05) is 0 Å². The monoisotopic (exact) mass is 243 g/mol. The summed E-state index contributed by atoms with van der Waals surface area (Å²) in [5.74, 6) is 0. The summed E-state index contributed by atoms with van der Waals surface area (Å²) in [5, 5.41) is 9.18. The second-order valence-corrected chi connectivity index (χ2v) is 3.65. The van der Waals surface area contributed by atoms with Crippen LogP contribution in [0.15, 0.2) is 16.6 Å². The van der Waals surface area contributed by atoms with Crippen LogP contribution >= 0.6 is 27.5 Å². The van der Waals surface area contributed by atoms with Crippen LogP contribution in [0.1, 0.15) is 18.1 Å². The second kappa shape index (κ2) is 3.93. The quantitative estimate of drug-likeness (QED) is 0.741. The van der Waals surface area contributed by atoms with Crippen LogP contribution in [-0.4, -0.2) is 0 Å². The molecule has 0 unspecified atom stereocenters. The van der Waals surface area contributed by atoms with Crippen LogP contribution < -0.4 is 0 Å². The standard InChI is InChI=1S/C9H7BrClN/c1-2-6-3-7(5-12)9(11)4-8(6)10/h3-4H,2H2,1H3. The van der Waals surface area contributed by atoms with E-state index in [-0.39, 0.29) is 0 Å². The third-order valence-corrected chi connectivity index (χ3v) is 2.69. The normalized spacial score (nSPS) is 9.50. The Labute approximate surface area is 85.1 Å². The van der Waals surface area contributed by atoms with Crippen LogP contribution in [-0.2, 0) is 6.42 Å². The maximum atomic E-state index is 8.68. The smallest absolute Gasteiger partial charge is 0.101 e. The van der Waals surface area contributed by atoms with Gasteiger partial charge in [0.1, 0.15) is 6.07 Å². The highest BCUT2D eigenvalue weighted by molar-refractivity contribution is 9.10. The summed E-state index contributed by atoms with van der Waals surface area (Å²) < 4.78 is 0.967. The number of benzene rings is 1. The molecule has 0 aliphatic carbocycles. The van der Waals surface area contributed by atoms with E-state index in [0.717, 1.165) is 16.5 Å². The predicted octanol–water partition coefficient (Wildman–Crippen LogP) is 3.54. The maximum Gasteiger partial charge on any atom is 0.101 e. The highest BCUT2D eigenvalue weighted by Crippen LogP contribution is 2.25. The first kappa shape index (κ1) is 9.57. The predicted molar refractivity (Wildman–Crippen MR) is 53.2 cm³/mol. The van der Waals surface area contributed by atoms with E-state index in [1.165, 1.54) is 0 Å². The van der Waals surface area contributed by atoms with Gasteiger partial charge in [-0.25, -0.2) is 0 Å². The largest absolute Gasteiger partial charge is 0.192 e. The molecule has 0 aliphatic rings. The fourth-order valence-corrected chi connectivity index (χ4v) is 1.91. The molecule has 62 valence electrons. The van der Waals surface area contributed by atoms with Crippen molar-refractivity contribution in [1.82, 2.24) is 0 Å². The lowest BCUT2D eigenvalue weighted by atomic mass is 10.1. The summed E-state index contributed by atoms with van der Waals surface area (Å²) in [6.45, 7) is 2.04. The molecule has 0 saturated carbocycles. The fraction of sp³-hybridized carbons (Fsp3) is 0.222. The van der Waals surface area contributed by atoms with Gasteiger partial charge in [-0.15, -0.1) is 0 Å². The van der Waals surface area contributed by atoms with Crippen molar-refractivity contribution in [3.8, 4) is 6.07 Å². The molecule has 0 bridgehead atoms. The number of aryl methyl sites for hydroxylation is 1. The van der Waals surface area contributed by atoms with Gasteiger partial charge in [0.25, 0.3) is 0 Å². The lowest BCUT2D eigenvalue weighted by molar-refractivity contribution is 1.12. The average Bonchev–Trinajstić information content (AvgIpc) is 2.05. The number of hydrogen-bond donors (Lipinski definition) is 0. The lowest BCUT2D eigenvalue weighted by Gasteiger charge is -2.02. The van der Waals surface area contributed by atoms with Crippen LogP contribution in [0, 0.1) is 11.3 Å². The minimum absolute atomic E-state index is 0.501. The van der Waals surface area contributed by atoms with Crippen LogP contribution in [0.2, 0.25) is 5.02 Å². The molecule has 0 radical (unpaired) electrons. The summed E-state index contributed by atoms with van der Waals surface area (Å²) in [5.41, 5.74) is 1.65. The molecule has 0 amide bonds. The molecule has 0 spiro atoms. The van der Waals surface area contributed by atoms with Crippen molar-refractivity contribution in [2.24, 2.45) is 0 Å². The lowest BCUT2D eigenvalue weighted by Crippen LogP contribution is -1.86. The zero-order chi connectivity index (χ0) is 9.14. The Morgan fingerprint density at radius 2 is 2.25 bits per heavy atom. The molecular formula is C9H7BrClN. The first-order valence-corrected chi connectivity index (χ1v) is 4.74. The molecule has 0 fully saturated rings. The van der Waals surface area contributed by atoms with Crippen molar-refractivity contribution in [3.63, 3.8) is 0 Å². The van der Waals surface area contributed by atoms with E-state index < -0.39 is 0 Å². The Balaban J connectivity index is 3.30. The van der Waals surface area contributed by atoms with E-state index in [4.69, 9.17) is 16.9 Å². The summed E-state index contributed by atoms with van der Waals surface area (Å²) >= 11 is 9.18. The second-order valence-electron chi connectivity index (χ2n) is 2.39. The average molecular weight is 245 g/mol. The van der Waals surface area contributed by atoms with Gasteiger partial charge in [-0.2, -0.15) is 5.26 Å². The Hall–Kier alpha value is -0.520. The summed E-state index contributed by atoms with van der Waals surface area (Å²) in [6, 6.07) is 5.62. The Bertz CT molecular complexity index is 341. The highest BCUT2D eigenvalue weighted by atomic mass is 79.9. The molecule has 0 N–H and O–H groups in total. The maximum absolute atomic E-state index is 8.68. The molecule has 3 heteroatoms. The highest BCUT2D eigenvalue weighted by Gasteiger charge is 2.04. The molecule has 0 aromatic heterocycles. The van der Waals surface area contributed by atoms with E-state index in [0.29, 0.717) is 10.6 Å². The number of nitriles is 1. The third kappa shape index (κ3) is 1.80. The van der Waals surface area contributed by atoms with E-state index in [9.17, 15) is 0 Å². The van der Waals surface area contributed by atoms with Gasteiger partial charge in [-0.3, -0.25) is 0 Å². The van der Waals surface area contributed by atoms with E-state index >= 15 is 0 Å². The third-order valence-electron chi connectivity index (χ3n) is 1.64. The van der Waals surface area contributed by atoms with Crippen molar-refractivity contribution in [1.29, 1.82) is 5.26 Å². The number of hydrogen-bond acceptors (Lipinski definition) is 1.